The van der Waals surface area contributed by atoms with Crippen LogP contribution in [0.4, 0.5) is 0 Å². The van der Waals surface area contributed by atoms with E-state index in [1.807, 2.05) is 31.2 Å². The van der Waals surface area contributed by atoms with Gasteiger partial charge >= 0.3 is 5.97 Å². The zero-order valence-corrected chi connectivity index (χ0v) is 10.5. The van der Waals surface area contributed by atoms with E-state index in [4.69, 9.17) is 9.47 Å². The van der Waals surface area contributed by atoms with Crippen LogP contribution in [0.15, 0.2) is 24.3 Å². The number of carboxylic acid groups (broad SMARTS) is 1. The van der Waals surface area contributed by atoms with Crippen molar-refractivity contribution in [3.63, 3.8) is 0 Å². The third-order valence-electron chi connectivity index (χ3n) is 3.48. The van der Waals surface area contributed by atoms with Crippen LogP contribution in [0.5, 0.6) is 5.75 Å². The second-order valence-corrected chi connectivity index (χ2v) is 4.43. The molecular formula is C14H18O4. The van der Waals surface area contributed by atoms with Crippen molar-refractivity contribution in [2.24, 2.45) is 0 Å². The highest BCUT2D eigenvalue weighted by Crippen LogP contribution is 2.41. The van der Waals surface area contributed by atoms with Crippen LogP contribution in [0, 0.1) is 0 Å². The predicted octanol–water partition coefficient (Wildman–Crippen LogP) is 2.22. The van der Waals surface area contributed by atoms with Gasteiger partial charge in [0.1, 0.15) is 11.2 Å². The Bertz CT molecular complexity index is 430. The number of hydrogen-bond acceptors (Lipinski definition) is 3. The quantitative estimate of drug-likeness (QED) is 0.814. The fraction of sp³-hybridized carbons (Fsp3) is 0.500. The Morgan fingerprint density at radius 1 is 1.50 bits per heavy atom. The van der Waals surface area contributed by atoms with Crippen LogP contribution in [-0.2, 0) is 14.9 Å². The van der Waals surface area contributed by atoms with Gasteiger partial charge in [-0.1, -0.05) is 18.2 Å². The van der Waals surface area contributed by atoms with Gasteiger partial charge in [-0.15, -0.1) is 0 Å². The Morgan fingerprint density at radius 2 is 2.28 bits per heavy atom. The Morgan fingerprint density at radius 3 is 3.00 bits per heavy atom. The maximum absolute atomic E-state index is 11.7. The molecule has 1 N–H and O–H groups in total. The highest BCUT2D eigenvalue weighted by atomic mass is 16.5. The lowest BCUT2D eigenvalue weighted by atomic mass is 9.73. The predicted molar refractivity (Wildman–Crippen MR) is 67.0 cm³/mol. The number of fused-ring (bicyclic) bond motifs is 1. The van der Waals surface area contributed by atoms with Crippen LogP contribution in [0.1, 0.15) is 25.3 Å². The van der Waals surface area contributed by atoms with E-state index in [-0.39, 0.29) is 0 Å². The second-order valence-electron chi connectivity index (χ2n) is 4.43. The van der Waals surface area contributed by atoms with Crippen molar-refractivity contribution >= 4 is 5.97 Å². The minimum absolute atomic E-state index is 0.440. The summed E-state index contributed by atoms with van der Waals surface area (Å²) in [6, 6.07) is 7.38. The SMILES string of the molecule is CCOCCC1(C(=O)O)CCOc2ccccc21. The van der Waals surface area contributed by atoms with Gasteiger partial charge in [-0.3, -0.25) is 4.79 Å². The van der Waals surface area contributed by atoms with E-state index < -0.39 is 11.4 Å². The van der Waals surface area contributed by atoms with Gasteiger partial charge in [0, 0.05) is 25.2 Å². The molecule has 1 aliphatic rings. The molecule has 0 radical (unpaired) electrons. The third kappa shape index (κ3) is 2.20. The fourth-order valence-electron chi connectivity index (χ4n) is 2.44. The Hall–Kier alpha value is -1.55. The van der Waals surface area contributed by atoms with Crippen LogP contribution in [0.25, 0.3) is 0 Å². The first-order valence-electron chi connectivity index (χ1n) is 6.24. The number of benzene rings is 1. The van der Waals surface area contributed by atoms with Crippen molar-refractivity contribution in [2.45, 2.75) is 25.2 Å². The third-order valence-corrected chi connectivity index (χ3v) is 3.48. The highest BCUT2D eigenvalue weighted by molar-refractivity contribution is 5.83. The van der Waals surface area contributed by atoms with E-state index in [1.165, 1.54) is 0 Å². The standard InChI is InChI=1S/C14H18O4/c1-2-17-9-7-14(13(15)16)8-10-18-12-6-4-3-5-11(12)14/h3-6H,2,7-10H2,1H3,(H,15,16). The minimum atomic E-state index is -0.871. The molecule has 1 atom stereocenters. The van der Waals surface area contributed by atoms with Gasteiger partial charge in [-0.05, 0) is 19.4 Å². The summed E-state index contributed by atoms with van der Waals surface area (Å²) in [5, 5.41) is 9.62. The highest BCUT2D eigenvalue weighted by Gasteiger charge is 2.44. The van der Waals surface area contributed by atoms with Crippen molar-refractivity contribution in [2.75, 3.05) is 19.8 Å². The van der Waals surface area contributed by atoms with Crippen molar-refractivity contribution in [3.8, 4) is 5.75 Å². The number of carboxylic acids is 1. The van der Waals surface area contributed by atoms with E-state index in [1.54, 1.807) is 0 Å². The summed E-state index contributed by atoms with van der Waals surface area (Å²) in [6.45, 7) is 3.41. The molecule has 2 rings (SSSR count). The molecule has 1 aromatic carbocycles. The van der Waals surface area contributed by atoms with Gasteiger partial charge in [-0.2, -0.15) is 0 Å². The summed E-state index contributed by atoms with van der Waals surface area (Å²) in [6.07, 6.45) is 0.975. The molecule has 0 bridgehead atoms. The molecule has 0 amide bonds. The molecule has 0 saturated heterocycles. The molecular weight excluding hydrogens is 232 g/mol. The molecule has 1 aliphatic heterocycles. The van der Waals surface area contributed by atoms with E-state index in [9.17, 15) is 9.90 Å². The van der Waals surface area contributed by atoms with Gasteiger partial charge in [0.05, 0.1) is 6.61 Å². The molecule has 1 unspecified atom stereocenters. The fourth-order valence-corrected chi connectivity index (χ4v) is 2.44. The molecule has 4 heteroatoms. The Kier molecular flexibility index (Phi) is 3.87. The number of ether oxygens (including phenoxy) is 2. The van der Waals surface area contributed by atoms with Crippen molar-refractivity contribution in [1.82, 2.24) is 0 Å². The van der Waals surface area contributed by atoms with Crippen LogP contribution >= 0.6 is 0 Å². The topological polar surface area (TPSA) is 55.8 Å². The molecule has 1 aromatic rings. The number of hydrogen-bond donors (Lipinski definition) is 1. The Balaban J connectivity index is 2.33. The van der Waals surface area contributed by atoms with Gasteiger partial charge in [0.15, 0.2) is 0 Å². The molecule has 98 valence electrons. The normalized spacial score (nSPS) is 22.1. The number of para-hydroxylation sites is 1. The van der Waals surface area contributed by atoms with Crippen molar-refractivity contribution in [3.05, 3.63) is 29.8 Å². The van der Waals surface area contributed by atoms with Crippen LogP contribution in [-0.4, -0.2) is 30.9 Å². The van der Waals surface area contributed by atoms with Gasteiger partial charge in [0.2, 0.25) is 0 Å². The van der Waals surface area contributed by atoms with Crippen molar-refractivity contribution < 1.29 is 19.4 Å². The molecule has 1 heterocycles. The zero-order chi connectivity index (χ0) is 13.0. The summed E-state index contributed by atoms with van der Waals surface area (Å²) in [5.41, 5.74) is -0.104. The molecule has 0 saturated carbocycles. The first-order chi connectivity index (χ1) is 8.70. The van der Waals surface area contributed by atoms with Crippen LogP contribution in [0.3, 0.4) is 0 Å². The van der Waals surface area contributed by atoms with Crippen LogP contribution in [0.2, 0.25) is 0 Å². The summed E-state index contributed by atoms with van der Waals surface area (Å²) >= 11 is 0. The molecule has 0 aromatic heterocycles. The molecule has 18 heavy (non-hydrogen) atoms. The van der Waals surface area contributed by atoms with E-state index in [0.717, 1.165) is 5.56 Å². The number of rotatable bonds is 5. The average molecular weight is 250 g/mol. The largest absolute Gasteiger partial charge is 0.493 e. The summed E-state index contributed by atoms with van der Waals surface area (Å²) in [4.78, 5) is 11.7. The second kappa shape index (κ2) is 5.40. The first kappa shape index (κ1) is 12.9. The lowest BCUT2D eigenvalue weighted by Crippen LogP contribution is -2.41. The summed E-state index contributed by atoms with van der Waals surface area (Å²) < 4.78 is 10.9. The van der Waals surface area contributed by atoms with E-state index >= 15 is 0 Å². The summed E-state index contributed by atoms with van der Waals surface area (Å²) in [5.74, 6) is -0.111. The van der Waals surface area contributed by atoms with Gasteiger partial charge in [-0.25, -0.2) is 0 Å². The lowest BCUT2D eigenvalue weighted by Gasteiger charge is -2.35. The van der Waals surface area contributed by atoms with Crippen molar-refractivity contribution in [1.29, 1.82) is 0 Å². The zero-order valence-electron chi connectivity index (χ0n) is 10.5. The Labute approximate surface area is 107 Å². The first-order valence-corrected chi connectivity index (χ1v) is 6.24. The van der Waals surface area contributed by atoms with E-state index in [0.29, 0.717) is 38.4 Å². The molecule has 0 aliphatic carbocycles. The maximum Gasteiger partial charge on any atom is 0.314 e. The van der Waals surface area contributed by atoms with Gasteiger partial charge in [0.25, 0.3) is 0 Å². The van der Waals surface area contributed by atoms with Crippen LogP contribution < -0.4 is 4.74 Å². The molecule has 0 fully saturated rings. The number of aliphatic carboxylic acids is 1. The molecule has 4 nitrogen and oxygen atoms in total. The molecule has 0 spiro atoms. The van der Waals surface area contributed by atoms with Gasteiger partial charge < -0.3 is 14.6 Å². The number of carbonyl (C=O) groups is 1. The summed E-state index contributed by atoms with van der Waals surface area (Å²) in [7, 11) is 0. The maximum atomic E-state index is 11.7. The average Bonchev–Trinajstić information content (AvgIpc) is 2.39. The monoisotopic (exact) mass is 250 g/mol. The van der Waals surface area contributed by atoms with E-state index in [2.05, 4.69) is 0 Å². The lowest BCUT2D eigenvalue weighted by molar-refractivity contribution is -0.146. The minimum Gasteiger partial charge on any atom is -0.493 e. The smallest absolute Gasteiger partial charge is 0.314 e.